The maximum Gasteiger partial charge on any atom is 0.132 e. The third-order valence-corrected chi connectivity index (χ3v) is 3.68. The highest BCUT2D eigenvalue weighted by atomic mass is 16.3. The molecule has 1 heterocycles. The van der Waals surface area contributed by atoms with Crippen LogP contribution in [0.15, 0.2) is 24.4 Å². The van der Waals surface area contributed by atoms with Gasteiger partial charge in [0.25, 0.3) is 0 Å². The lowest BCUT2D eigenvalue weighted by molar-refractivity contribution is -0.120. The molecule has 1 saturated carbocycles. The number of hydrogen-bond donors (Lipinski definition) is 2. The minimum absolute atomic E-state index is 0.282. The lowest BCUT2D eigenvalue weighted by atomic mass is 9.83. The molecule has 1 aliphatic carbocycles. The first kappa shape index (κ1) is 10.4. The Labute approximate surface area is 99.5 Å². The molecule has 2 aromatic rings. The van der Waals surface area contributed by atoms with Crippen molar-refractivity contribution in [3.63, 3.8) is 0 Å². The molecule has 0 amide bonds. The summed E-state index contributed by atoms with van der Waals surface area (Å²) in [5, 5.41) is 10.6. The van der Waals surface area contributed by atoms with Gasteiger partial charge in [-0.2, -0.15) is 0 Å². The van der Waals surface area contributed by atoms with Crippen molar-refractivity contribution in [2.75, 3.05) is 0 Å². The highest BCUT2D eigenvalue weighted by Crippen LogP contribution is 2.36. The molecule has 88 valence electrons. The normalized spacial score (nSPS) is 17.8. The average molecular weight is 229 g/mol. The Hall–Kier alpha value is -1.77. The first-order chi connectivity index (χ1) is 8.24. The Bertz CT molecular complexity index is 561. The van der Waals surface area contributed by atoms with Crippen molar-refractivity contribution < 1.29 is 9.90 Å². The molecule has 0 spiro atoms. The third-order valence-electron chi connectivity index (χ3n) is 3.68. The largest absolute Gasteiger partial charge is 0.508 e. The van der Waals surface area contributed by atoms with Crippen molar-refractivity contribution in [2.24, 2.45) is 0 Å². The van der Waals surface area contributed by atoms with Crippen LogP contribution in [0.1, 0.15) is 37.2 Å². The van der Waals surface area contributed by atoms with Gasteiger partial charge in [0, 0.05) is 36.0 Å². The van der Waals surface area contributed by atoms with E-state index in [1.165, 1.54) is 10.9 Å². The van der Waals surface area contributed by atoms with Crippen molar-refractivity contribution in [1.82, 2.24) is 4.98 Å². The average Bonchev–Trinajstić information content (AvgIpc) is 2.73. The summed E-state index contributed by atoms with van der Waals surface area (Å²) in [4.78, 5) is 14.4. The molecule has 0 unspecified atom stereocenters. The van der Waals surface area contributed by atoms with Crippen LogP contribution in [0.2, 0.25) is 0 Å². The Kier molecular flexibility index (Phi) is 2.39. The van der Waals surface area contributed by atoms with Crippen LogP contribution in [0.4, 0.5) is 0 Å². The lowest BCUT2D eigenvalue weighted by Gasteiger charge is -2.20. The van der Waals surface area contributed by atoms with Gasteiger partial charge in [0.05, 0.1) is 0 Å². The summed E-state index contributed by atoms with van der Waals surface area (Å²) in [7, 11) is 0. The van der Waals surface area contributed by atoms with Gasteiger partial charge in [0.1, 0.15) is 11.5 Å². The Morgan fingerprint density at radius 2 is 2.00 bits per heavy atom. The highest BCUT2D eigenvalue weighted by molar-refractivity contribution is 5.85. The van der Waals surface area contributed by atoms with E-state index in [9.17, 15) is 9.90 Å². The van der Waals surface area contributed by atoms with Gasteiger partial charge in [0.15, 0.2) is 0 Å². The number of ketones is 1. The van der Waals surface area contributed by atoms with Crippen LogP contribution in [0, 0.1) is 0 Å². The number of rotatable bonds is 1. The monoisotopic (exact) mass is 229 g/mol. The van der Waals surface area contributed by atoms with Gasteiger partial charge in [-0.15, -0.1) is 0 Å². The van der Waals surface area contributed by atoms with Gasteiger partial charge < -0.3 is 10.1 Å². The summed E-state index contributed by atoms with van der Waals surface area (Å²) < 4.78 is 0. The molecule has 3 heteroatoms. The summed E-state index contributed by atoms with van der Waals surface area (Å²) in [6.07, 6.45) is 5.33. The fraction of sp³-hybridized carbons (Fsp3) is 0.357. The summed E-state index contributed by atoms with van der Waals surface area (Å²) in [5.74, 6) is 1.15. The van der Waals surface area contributed by atoms with Crippen LogP contribution in [-0.4, -0.2) is 15.9 Å². The summed E-state index contributed by atoms with van der Waals surface area (Å²) in [6, 6.07) is 5.41. The van der Waals surface area contributed by atoms with Gasteiger partial charge in [-0.05, 0) is 36.5 Å². The lowest BCUT2D eigenvalue weighted by Crippen LogP contribution is -2.11. The molecule has 1 aromatic carbocycles. The van der Waals surface area contributed by atoms with Crippen LogP contribution in [0.25, 0.3) is 10.9 Å². The molecular weight excluding hydrogens is 214 g/mol. The van der Waals surface area contributed by atoms with E-state index in [1.807, 2.05) is 12.3 Å². The van der Waals surface area contributed by atoms with Crippen LogP contribution in [0.5, 0.6) is 5.75 Å². The molecule has 0 aliphatic heterocycles. The van der Waals surface area contributed by atoms with Crippen molar-refractivity contribution in [3.8, 4) is 5.75 Å². The second kappa shape index (κ2) is 3.91. The zero-order valence-electron chi connectivity index (χ0n) is 9.57. The highest BCUT2D eigenvalue weighted by Gasteiger charge is 2.22. The molecule has 2 N–H and O–H groups in total. The minimum Gasteiger partial charge on any atom is -0.508 e. The summed E-state index contributed by atoms with van der Waals surface area (Å²) in [6.45, 7) is 0. The molecular formula is C14H15NO2. The van der Waals surface area contributed by atoms with E-state index in [2.05, 4.69) is 4.98 Å². The number of fused-ring (bicyclic) bond motifs is 1. The molecule has 1 fully saturated rings. The van der Waals surface area contributed by atoms with E-state index >= 15 is 0 Å². The molecule has 0 atom stereocenters. The second-order valence-electron chi connectivity index (χ2n) is 4.79. The van der Waals surface area contributed by atoms with Crippen LogP contribution >= 0.6 is 0 Å². The predicted molar refractivity (Wildman–Crippen MR) is 66.2 cm³/mol. The number of Topliss-reactive ketones (excluding diaryl/α,β-unsaturated/α-hetero) is 1. The fourth-order valence-corrected chi connectivity index (χ4v) is 2.73. The number of phenolic OH excluding ortho intramolecular Hbond substituents is 1. The maximum absolute atomic E-state index is 11.2. The topological polar surface area (TPSA) is 53.1 Å². The molecule has 0 radical (unpaired) electrons. The van der Waals surface area contributed by atoms with Gasteiger partial charge in [-0.1, -0.05) is 0 Å². The standard InChI is InChI=1S/C14H15NO2/c16-10-3-1-9(2-4-10)13-8-15-14-7-11(17)5-6-12(13)14/h5-9,15,17H,1-4H2. The SMILES string of the molecule is O=C1CCC(c2c[nH]c3cc(O)ccc23)CC1. The summed E-state index contributed by atoms with van der Waals surface area (Å²) in [5.41, 5.74) is 2.25. The van der Waals surface area contributed by atoms with E-state index in [-0.39, 0.29) is 5.75 Å². The van der Waals surface area contributed by atoms with Gasteiger partial charge in [-0.3, -0.25) is 4.79 Å². The molecule has 1 aliphatic rings. The molecule has 1 aromatic heterocycles. The molecule has 0 saturated heterocycles. The molecule has 17 heavy (non-hydrogen) atoms. The zero-order valence-corrected chi connectivity index (χ0v) is 9.57. The number of benzene rings is 1. The molecule has 3 nitrogen and oxygen atoms in total. The Morgan fingerprint density at radius 1 is 1.24 bits per heavy atom. The van der Waals surface area contributed by atoms with E-state index in [0.29, 0.717) is 24.5 Å². The first-order valence-electron chi connectivity index (χ1n) is 6.06. The predicted octanol–water partition coefficient (Wildman–Crippen LogP) is 3.10. The van der Waals surface area contributed by atoms with Gasteiger partial charge >= 0.3 is 0 Å². The smallest absolute Gasteiger partial charge is 0.132 e. The number of carbonyl (C=O) groups excluding carboxylic acids is 1. The van der Waals surface area contributed by atoms with E-state index in [0.717, 1.165) is 18.4 Å². The van der Waals surface area contributed by atoms with Crippen LogP contribution in [0.3, 0.4) is 0 Å². The zero-order chi connectivity index (χ0) is 11.8. The number of aromatic hydroxyl groups is 1. The van der Waals surface area contributed by atoms with E-state index < -0.39 is 0 Å². The maximum atomic E-state index is 11.2. The number of aromatic amines is 1. The van der Waals surface area contributed by atoms with Crippen LogP contribution < -0.4 is 0 Å². The van der Waals surface area contributed by atoms with E-state index in [4.69, 9.17) is 0 Å². The van der Waals surface area contributed by atoms with Gasteiger partial charge in [0.2, 0.25) is 0 Å². The Morgan fingerprint density at radius 3 is 2.76 bits per heavy atom. The summed E-state index contributed by atoms with van der Waals surface area (Å²) >= 11 is 0. The fourth-order valence-electron chi connectivity index (χ4n) is 2.73. The first-order valence-corrected chi connectivity index (χ1v) is 6.06. The number of carbonyl (C=O) groups is 1. The van der Waals surface area contributed by atoms with E-state index in [1.54, 1.807) is 12.1 Å². The van der Waals surface area contributed by atoms with Crippen molar-refractivity contribution in [2.45, 2.75) is 31.6 Å². The van der Waals surface area contributed by atoms with Crippen molar-refractivity contribution in [3.05, 3.63) is 30.0 Å². The van der Waals surface area contributed by atoms with Crippen molar-refractivity contribution in [1.29, 1.82) is 0 Å². The third kappa shape index (κ3) is 1.82. The number of hydrogen-bond acceptors (Lipinski definition) is 2. The number of nitrogens with one attached hydrogen (secondary N) is 1. The van der Waals surface area contributed by atoms with Crippen LogP contribution in [-0.2, 0) is 4.79 Å². The molecule has 0 bridgehead atoms. The Balaban J connectivity index is 1.97. The number of phenols is 1. The minimum atomic E-state index is 0.282. The quantitative estimate of drug-likeness (QED) is 0.789. The van der Waals surface area contributed by atoms with Crippen molar-refractivity contribution >= 4 is 16.7 Å². The number of aromatic nitrogens is 1. The number of H-pyrrole nitrogens is 1. The molecule has 3 rings (SSSR count). The van der Waals surface area contributed by atoms with Gasteiger partial charge in [-0.25, -0.2) is 0 Å². The second-order valence-corrected chi connectivity index (χ2v) is 4.79.